The fourth-order valence-corrected chi connectivity index (χ4v) is 3.51. The first-order chi connectivity index (χ1) is 13.7. The number of nitrogens with one attached hydrogen (secondary N) is 1. The number of hydrogen-bond donors (Lipinski definition) is 1. The lowest BCUT2D eigenvalue weighted by Gasteiger charge is -2.34. The third kappa shape index (κ3) is 4.14. The molecule has 7 nitrogen and oxygen atoms in total. The van der Waals surface area contributed by atoms with Crippen molar-refractivity contribution in [1.29, 1.82) is 0 Å². The van der Waals surface area contributed by atoms with Crippen molar-refractivity contribution in [3.8, 4) is 0 Å². The van der Waals surface area contributed by atoms with Crippen molar-refractivity contribution in [3.63, 3.8) is 0 Å². The van der Waals surface area contributed by atoms with Gasteiger partial charge in [-0.2, -0.15) is 0 Å². The summed E-state index contributed by atoms with van der Waals surface area (Å²) in [4.78, 5) is 25.6. The Balaban J connectivity index is 1.25. The summed E-state index contributed by atoms with van der Waals surface area (Å²) >= 11 is 0. The summed E-state index contributed by atoms with van der Waals surface area (Å²) in [5, 5.41) is 3.00. The zero-order valence-electron chi connectivity index (χ0n) is 16.2. The topological polar surface area (TPSA) is 66.3 Å². The number of imidazole rings is 1. The molecule has 1 aliphatic heterocycles. The number of pyridine rings is 1. The highest BCUT2D eigenvalue weighted by molar-refractivity contribution is 5.89. The molecule has 1 aromatic carbocycles. The minimum Gasteiger partial charge on any atom is -0.322 e. The molecule has 1 aliphatic rings. The quantitative estimate of drug-likeness (QED) is 0.741. The van der Waals surface area contributed by atoms with Crippen LogP contribution in [0.3, 0.4) is 0 Å². The lowest BCUT2D eigenvalue weighted by molar-refractivity contribution is 0.144. The smallest absolute Gasteiger partial charge is 0.321 e. The molecule has 0 aliphatic carbocycles. The van der Waals surface area contributed by atoms with Gasteiger partial charge < -0.3 is 14.8 Å². The fraction of sp³-hybridized carbons (Fsp3) is 0.381. The Kier molecular flexibility index (Phi) is 5.53. The Morgan fingerprint density at radius 3 is 2.57 bits per heavy atom. The molecule has 0 saturated carbocycles. The van der Waals surface area contributed by atoms with Crippen molar-refractivity contribution in [2.45, 2.75) is 19.9 Å². The number of carbonyl (C=O) groups excluding carboxylic acids is 1. The maximum absolute atomic E-state index is 12.5. The lowest BCUT2D eigenvalue weighted by atomic mass is 10.1. The van der Waals surface area contributed by atoms with Gasteiger partial charge >= 0.3 is 6.03 Å². The first-order valence-electron chi connectivity index (χ1n) is 9.86. The average Bonchev–Trinajstić information content (AvgIpc) is 3.16. The number of piperazine rings is 1. The van der Waals surface area contributed by atoms with Crippen LogP contribution in [0.2, 0.25) is 0 Å². The molecule has 28 heavy (non-hydrogen) atoms. The highest BCUT2D eigenvalue weighted by Crippen LogP contribution is 2.13. The van der Waals surface area contributed by atoms with Gasteiger partial charge in [0.05, 0.1) is 6.33 Å². The van der Waals surface area contributed by atoms with E-state index in [1.807, 2.05) is 35.5 Å². The monoisotopic (exact) mass is 378 g/mol. The van der Waals surface area contributed by atoms with Crippen molar-refractivity contribution in [2.75, 3.05) is 38.0 Å². The molecule has 4 rings (SSSR count). The van der Waals surface area contributed by atoms with E-state index in [9.17, 15) is 4.79 Å². The van der Waals surface area contributed by atoms with Crippen LogP contribution >= 0.6 is 0 Å². The SMILES string of the molecule is CCc1ccc(NC(=O)N2CCN(CCn3cnc4cccnc43)CC2)cc1. The number of nitrogens with zero attached hydrogens (tertiary/aromatic N) is 5. The number of urea groups is 1. The van der Waals surface area contributed by atoms with Gasteiger partial charge in [-0.25, -0.2) is 14.8 Å². The number of benzene rings is 1. The summed E-state index contributed by atoms with van der Waals surface area (Å²) in [6.07, 6.45) is 4.65. The number of aryl methyl sites for hydroxylation is 1. The van der Waals surface area contributed by atoms with Crippen LogP contribution in [0, 0.1) is 0 Å². The molecule has 0 radical (unpaired) electrons. The van der Waals surface area contributed by atoms with Gasteiger partial charge in [0.25, 0.3) is 0 Å². The number of amides is 2. The van der Waals surface area contributed by atoms with Crippen LogP contribution in [0.15, 0.2) is 48.9 Å². The average molecular weight is 378 g/mol. The largest absolute Gasteiger partial charge is 0.322 e. The summed E-state index contributed by atoms with van der Waals surface area (Å²) in [5.74, 6) is 0. The normalized spacial score (nSPS) is 15.1. The molecule has 2 amide bonds. The Bertz CT molecular complexity index is 927. The van der Waals surface area contributed by atoms with Crippen LogP contribution in [0.5, 0.6) is 0 Å². The second-order valence-corrected chi connectivity index (χ2v) is 7.09. The number of hydrogen-bond acceptors (Lipinski definition) is 4. The van der Waals surface area contributed by atoms with Gasteiger partial charge in [-0.05, 0) is 36.2 Å². The van der Waals surface area contributed by atoms with Gasteiger partial charge in [0.2, 0.25) is 0 Å². The minimum atomic E-state index is -0.0197. The number of anilines is 1. The van der Waals surface area contributed by atoms with Crippen LogP contribution in [0.4, 0.5) is 10.5 Å². The van der Waals surface area contributed by atoms with Gasteiger partial charge in [0, 0.05) is 51.2 Å². The fourth-order valence-electron chi connectivity index (χ4n) is 3.51. The molecule has 3 heterocycles. The van der Waals surface area contributed by atoms with E-state index in [1.165, 1.54) is 5.56 Å². The maximum atomic E-state index is 12.5. The van der Waals surface area contributed by atoms with Crippen molar-refractivity contribution >= 4 is 22.9 Å². The Morgan fingerprint density at radius 2 is 1.82 bits per heavy atom. The second kappa shape index (κ2) is 8.39. The Hall–Kier alpha value is -2.93. The summed E-state index contributed by atoms with van der Waals surface area (Å²) in [6.45, 7) is 7.13. The van der Waals surface area contributed by atoms with Crippen molar-refractivity contribution in [1.82, 2.24) is 24.3 Å². The number of carbonyl (C=O) groups is 1. The third-order valence-corrected chi connectivity index (χ3v) is 5.30. The molecule has 2 aromatic heterocycles. The zero-order valence-corrected chi connectivity index (χ0v) is 16.2. The van der Waals surface area contributed by atoms with Crippen molar-refractivity contribution < 1.29 is 4.79 Å². The van der Waals surface area contributed by atoms with E-state index in [2.05, 4.69) is 43.8 Å². The number of aromatic nitrogens is 3. The molecule has 0 atom stereocenters. The molecule has 0 bridgehead atoms. The first kappa shape index (κ1) is 18.4. The zero-order chi connectivity index (χ0) is 19.3. The summed E-state index contributed by atoms with van der Waals surface area (Å²) in [7, 11) is 0. The predicted octanol–water partition coefficient (Wildman–Crippen LogP) is 2.84. The second-order valence-electron chi connectivity index (χ2n) is 7.09. The van der Waals surface area contributed by atoms with Gasteiger partial charge in [0.15, 0.2) is 5.65 Å². The molecule has 0 unspecified atom stereocenters. The molecule has 1 saturated heterocycles. The Morgan fingerprint density at radius 1 is 1.04 bits per heavy atom. The van der Waals surface area contributed by atoms with E-state index in [0.717, 1.165) is 62.5 Å². The summed E-state index contributed by atoms with van der Waals surface area (Å²) < 4.78 is 2.09. The molecular formula is C21H26N6O. The van der Waals surface area contributed by atoms with Gasteiger partial charge in [-0.3, -0.25) is 4.90 Å². The molecule has 1 fully saturated rings. The highest BCUT2D eigenvalue weighted by Gasteiger charge is 2.21. The standard InChI is InChI=1S/C21H26N6O/c1-2-17-5-7-18(8-6-17)24-21(28)26-13-10-25(11-14-26)12-15-27-16-23-19-4-3-9-22-20(19)27/h3-9,16H,2,10-15H2,1H3,(H,24,28). The van der Waals surface area contributed by atoms with E-state index in [1.54, 1.807) is 6.20 Å². The predicted molar refractivity (Wildman–Crippen MR) is 110 cm³/mol. The van der Waals surface area contributed by atoms with E-state index in [-0.39, 0.29) is 6.03 Å². The van der Waals surface area contributed by atoms with Crippen LogP contribution in [-0.4, -0.2) is 63.1 Å². The van der Waals surface area contributed by atoms with Gasteiger partial charge in [-0.15, -0.1) is 0 Å². The van der Waals surface area contributed by atoms with Crippen molar-refractivity contribution in [2.24, 2.45) is 0 Å². The molecule has 0 spiro atoms. The minimum absolute atomic E-state index is 0.0197. The van der Waals surface area contributed by atoms with E-state index < -0.39 is 0 Å². The lowest BCUT2D eigenvalue weighted by Crippen LogP contribution is -2.50. The maximum Gasteiger partial charge on any atom is 0.321 e. The van der Waals surface area contributed by atoms with Gasteiger partial charge in [-0.1, -0.05) is 19.1 Å². The number of fused-ring (bicyclic) bond motifs is 1. The van der Waals surface area contributed by atoms with Gasteiger partial charge in [0.1, 0.15) is 5.52 Å². The van der Waals surface area contributed by atoms with Crippen LogP contribution < -0.4 is 5.32 Å². The van der Waals surface area contributed by atoms with Crippen LogP contribution in [0.25, 0.3) is 11.2 Å². The summed E-state index contributed by atoms with van der Waals surface area (Å²) in [6, 6.07) is 11.9. The van der Waals surface area contributed by atoms with E-state index >= 15 is 0 Å². The third-order valence-electron chi connectivity index (χ3n) is 5.30. The number of rotatable bonds is 5. The molecule has 146 valence electrons. The highest BCUT2D eigenvalue weighted by atomic mass is 16.2. The van der Waals surface area contributed by atoms with Crippen LogP contribution in [0.1, 0.15) is 12.5 Å². The van der Waals surface area contributed by atoms with E-state index in [4.69, 9.17) is 0 Å². The molecule has 3 aromatic rings. The summed E-state index contributed by atoms with van der Waals surface area (Å²) in [5.41, 5.74) is 3.97. The molecular weight excluding hydrogens is 352 g/mol. The van der Waals surface area contributed by atoms with E-state index in [0.29, 0.717) is 0 Å². The molecule has 7 heteroatoms. The molecule has 1 N–H and O–H groups in total. The first-order valence-corrected chi connectivity index (χ1v) is 9.86. The Labute approximate surface area is 165 Å². The van der Waals surface area contributed by atoms with Crippen molar-refractivity contribution in [3.05, 3.63) is 54.5 Å². The van der Waals surface area contributed by atoms with Crippen LogP contribution in [-0.2, 0) is 13.0 Å².